The minimum absolute atomic E-state index is 0.289. The molecule has 116 valence electrons. The molecule has 0 saturated carbocycles. The molecule has 1 aromatic heterocycles. The van der Waals surface area contributed by atoms with Crippen LogP contribution in [0.15, 0.2) is 72.8 Å². The van der Waals surface area contributed by atoms with Crippen LogP contribution in [0.25, 0.3) is 33.5 Å². The summed E-state index contributed by atoms with van der Waals surface area (Å²) in [7, 11) is 0. The molecule has 0 radical (unpaired) electrons. The van der Waals surface area contributed by atoms with Crippen molar-refractivity contribution < 1.29 is 4.39 Å². The smallest absolute Gasteiger partial charge is 0.160 e. The van der Waals surface area contributed by atoms with Crippen LogP contribution < -0.4 is 0 Å². The van der Waals surface area contributed by atoms with E-state index in [1.54, 1.807) is 18.2 Å². The summed E-state index contributed by atoms with van der Waals surface area (Å²) in [6.07, 6.45) is 0. The van der Waals surface area contributed by atoms with Crippen LogP contribution in [0, 0.1) is 5.82 Å². The number of rotatable bonds is 2. The third kappa shape index (κ3) is 2.74. The molecule has 0 bridgehead atoms. The predicted octanol–water partition coefficient (Wildman–Crippen LogP) is 5.76. The first-order valence-electron chi connectivity index (χ1n) is 7.49. The Labute approximate surface area is 143 Å². The number of aromatic nitrogens is 2. The van der Waals surface area contributed by atoms with Crippen molar-refractivity contribution in [2.45, 2.75) is 0 Å². The molecule has 4 rings (SSSR count). The number of hydrogen-bond donors (Lipinski definition) is 0. The Morgan fingerprint density at radius 2 is 1.54 bits per heavy atom. The van der Waals surface area contributed by atoms with E-state index < -0.39 is 0 Å². The summed E-state index contributed by atoms with van der Waals surface area (Å²) in [4.78, 5) is 9.33. The molecule has 4 heteroatoms. The van der Waals surface area contributed by atoms with Gasteiger partial charge in [0.15, 0.2) is 5.82 Å². The molecule has 0 N–H and O–H groups in total. The van der Waals surface area contributed by atoms with E-state index in [2.05, 4.69) is 4.98 Å². The van der Waals surface area contributed by atoms with E-state index in [1.165, 1.54) is 12.1 Å². The van der Waals surface area contributed by atoms with E-state index in [0.29, 0.717) is 16.5 Å². The topological polar surface area (TPSA) is 25.8 Å². The first-order chi connectivity index (χ1) is 11.7. The maximum absolute atomic E-state index is 13.7. The van der Waals surface area contributed by atoms with Gasteiger partial charge in [0.1, 0.15) is 5.82 Å². The molecule has 3 aromatic carbocycles. The molecule has 4 aromatic rings. The van der Waals surface area contributed by atoms with Crippen molar-refractivity contribution in [2.24, 2.45) is 0 Å². The molecule has 0 atom stereocenters. The fourth-order valence-electron chi connectivity index (χ4n) is 2.66. The van der Waals surface area contributed by atoms with Crippen molar-refractivity contribution in [1.82, 2.24) is 9.97 Å². The zero-order valence-electron chi connectivity index (χ0n) is 12.6. The molecule has 0 aliphatic carbocycles. The van der Waals surface area contributed by atoms with E-state index in [9.17, 15) is 4.39 Å². The van der Waals surface area contributed by atoms with Gasteiger partial charge in [0.05, 0.1) is 11.2 Å². The Hall–Kier alpha value is -2.78. The van der Waals surface area contributed by atoms with Gasteiger partial charge >= 0.3 is 0 Å². The summed E-state index contributed by atoms with van der Waals surface area (Å²) in [5.41, 5.74) is 3.12. The zero-order chi connectivity index (χ0) is 16.5. The number of nitrogens with zero attached hydrogens (tertiary/aromatic N) is 2. The lowest BCUT2D eigenvalue weighted by Gasteiger charge is -2.09. The molecule has 0 saturated heterocycles. The monoisotopic (exact) mass is 334 g/mol. The van der Waals surface area contributed by atoms with Crippen LogP contribution in [0.5, 0.6) is 0 Å². The molecular weight excluding hydrogens is 323 g/mol. The third-order valence-corrected chi connectivity index (χ3v) is 4.06. The van der Waals surface area contributed by atoms with Gasteiger partial charge in [0.2, 0.25) is 0 Å². The zero-order valence-corrected chi connectivity index (χ0v) is 13.3. The fourth-order valence-corrected chi connectivity index (χ4v) is 2.79. The number of hydrogen-bond acceptors (Lipinski definition) is 2. The third-order valence-electron chi connectivity index (χ3n) is 3.80. The molecule has 0 spiro atoms. The van der Waals surface area contributed by atoms with Crippen molar-refractivity contribution in [3.05, 3.63) is 83.6 Å². The van der Waals surface area contributed by atoms with Gasteiger partial charge in [-0.25, -0.2) is 14.4 Å². The number of benzene rings is 3. The highest BCUT2D eigenvalue weighted by molar-refractivity contribution is 6.30. The average molecular weight is 335 g/mol. The van der Waals surface area contributed by atoms with E-state index in [-0.39, 0.29) is 5.82 Å². The van der Waals surface area contributed by atoms with Crippen molar-refractivity contribution in [3.8, 4) is 22.6 Å². The quantitative estimate of drug-likeness (QED) is 0.466. The van der Waals surface area contributed by atoms with Crippen LogP contribution >= 0.6 is 11.6 Å². The Morgan fingerprint density at radius 1 is 0.750 bits per heavy atom. The van der Waals surface area contributed by atoms with Gasteiger partial charge in [-0.05, 0) is 42.5 Å². The number of para-hydroxylation sites is 1. The lowest BCUT2D eigenvalue weighted by Crippen LogP contribution is -1.95. The van der Waals surface area contributed by atoms with Gasteiger partial charge in [-0.3, -0.25) is 0 Å². The summed E-state index contributed by atoms with van der Waals surface area (Å²) in [5, 5.41) is 1.55. The standard InChI is InChI=1S/C20H12ClFN2/c21-15-10-8-13(9-11-15)20-23-18-7-2-1-6-17(18)19(24-20)14-4-3-5-16(22)12-14/h1-12H. The maximum Gasteiger partial charge on any atom is 0.160 e. The van der Waals surface area contributed by atoms with E-state index in [0.717, 1.165) is 22.0 Å². The molecule has 0 aliphatic rings. The van der Waals surface area contributed by atoms with Gasteiger partial charge in [-0.1, -0.05) is 41.9 Å². The number of fused-ring (bicyclic) bond motifs is 1. The minimum Gasteiger partial charge on any atom is -0.228 e. The lowest BCUT2D eigenvalue weighted by atomic mass is 10.1. The highest BCUT2D eigenvalue weighted by Gasteiger charge is 2.11. The minimum atomic E-state index is -0.289. The van der Waals surface area contributed by atoms with Crippen LogP contribution in [-0.2, 0) is 0 Å². The Morgan fingerprint density at radius 3 is 2.33 bits per heavy atom. The summed E-state index contributed by atoms with van der Waals surface area (Å²) < 4.78 is 13.7. The van der Waals surface area contributed by atoms with Gasteiger partial charge in [0, 0.05) is 21.5 Å². The Balaban J connectivity index is 1.99. The predicted molar refractivity (Wildman–Crippen MR) is 95.4 cm³/mol. The lowest BCUT2D eigenvalue weighted by molar-refractivity contribution is 0.628. The molecule has 0 unspecified atom stereocenters. The second-order valence-electron chi connectivity index (χ2n) is 5.43. The molecule has 1 heterocycles. The fraction of sp³-hybridized carbons (Fsp3) is 0. The van der Waals surface area contributed by atoms with E-state index in [1.807, 2.05) is 42.5 Å². The van der Waals surface area contributed by atoms with Crippen molar-refractivity contribution >= 4 is 22.5 Å². The van der Waals surface area contributed by atoms with Crippen molar-refractivity contribution in [3.63, 3.8) is 0 Å². The first-order valence-corrected chi connectivity index (χ1v) is 7.87. The van der Waals surface area contributed by atoms with E-state index in [4.69, 9.17) is 16.6 Å². The van der Waals surface area contributed by atoms with Gasteiger partial charge < -0.3 is 0 Å². The SMILES string of the molecule is Fc1cccc(-c2nc(-c3ccc(Cl)cc3)nc3ccccc23)c1. The summed E-state index contributed by atoms with van der Waals surface area (Å²) in [5.74, 6) is 0.299. The molecule has 0 aliphatic heterocycles. The second-order valence-corrected chi connectivity index (χ2v) is 5.87. The van der Waals surface area contributed by atoms with Crippen LogP contribution in [0.4, 0.5) is 4.39 Å². The van der Waals surface area contributed by atoms with Gasteiger partial charge in [-0.15, -0.1) is 0 Å². The second kappa shape index (κ2) is 6.02. The number of halogens is 2. The largest absolute Gasteiger partial charge is 0.228 e. The van der Waals surface area contributed by atoms with Crippen molar-refractivity contribution in [1.29, 1.82) is 0 Å². The highest BCUT2D eigenvalue weighted by atomic mass is 35.5. The molecule has 0 fully saturated rings. The van der Waals surface area contributed by atoms with Crippen LogP contribution in [0.3, 0.4) is 0 Å². The van der Waals surface area contributed by atoms with Crippen LogP contribution in [0.1, 0.15) is 0 Å². The Kier molecular flexibility index (Phi) is 3.71. The van der Waals surface area contributed by atoms with E-state index >= 15 is 0 Å². The molecule has 24 heavy (non-hydrogen) atoms. The van der Waals surface area contributed by atoms with Crippen molar-refractivity contribution in [2.75, 3.05) is 0 Å². The molecule has 2 nitrogen and oxygen atoms in total. The summed E-state index contributed by atoms with van der Waals surface area (Å²) in [6, 6.07) is 21.5. The molecular formula is C20H12ClFN2. The van der Waals surface area contributed by atoms with Crippen LogP contribution in [-0.4, -0.2) is 9.97 Å². The molecule has 0 amide bonds. The summed E-state index contributed by atoms with van der Waals surface area (Å²) >= 11 is 5.96. The highest BCUT2D eigenvalue weighted by Crippen LogP contribution is 2.29. The Bertz CT molecular complexity index is 1030. The maximum atomic E-state index is 13.7. The normalized spacial score (nSPS) is 10.9. The average Bonchev–Trinajstić information content (AvgIpc) is 2.61. The van der Waals surface area contributed by atoms with Gasteiger partial charge in [-0.2, -0.15) is 0 Å². The van der Waals surface area contributed by atoms with Crippen LogP contribution in [0.2, 0.25) is 5.02 Å². The first kappa shape index (κ1) is 14.8. The van der Waals surface area contributed by atoms with Gasteiger partial charge in [0.25, 0.3) is 0 Å². The summed E-state index contributed by atoms with van der Waals surface area (Å²) in [6.45, 7) is 0.